The molecule has 8 heteroatoms. The van der Waals surface area contributed by atoms with E-state index in [0.717, 1.165) is 27.9 Å². The molecule has 1 aromatic heterocycles. The SMILES string of the molecule is O=C(/C=C/c1ccc(Br)s1)NNC(=O)CN1CCCCCC1=O. The van der Waals surface area contributed by atoms with Gasteiger partial charge in [0.15, 0.2) is 0 Å². The van der Waals surface area contributed by atoms with Crippen molar-refractivity contribution >= 4 is 51.1 Å². The Balaban J connectivity index is 1.74. The minimum atomic E-state index is -0.426. The number of carbonyl (C=O) groups excluding carboxylic acids is 3. The molecule has 1 saturated heterocycles. The Morgan fingerprint density at radius 3 is 2.83 bits per heavy atom. The van der Waals surface area contributed by atoms with Crippen molar-refractivity contribution in [2.24, 2.45) is 0 Å². The average molecular weight is 400 g/mol. The third kappa shape index (κ3) is 6.15. The second-order valence-corrected chi connectivity index (χ2v) is 7.63. The molecule has 0 atom stereocenters. The predicted octanol–water partition coefficient (Wildman–Crippen LogP) is 2.07. The summed E-state index contributed by atoms with van der Waals surface area (Å²) in [6.45, 7) is 0.564. The summed E-state index contributed by atoms with van der Waals surface area (Å²) in [5, 5.41) is 0. The molecule has 0 bridgehead atoms. The van der Waals surface area contributed by atoms with Crippen LogP contribution >= 0.6 is 27.3 Å². The smallest absolute Gasteiger partial charge is 0.262 e. The maximum atomic E-state index is 11.8. The van der Waals surface area contributed by atoms with Crippen LogP contribution in [0.2, 0.25) is 0 Å². The standard InChI is InChI=1S/C15H18BrN3O3S/c16-12-7-5-11(23-12)6-8-13(20)17-18-14(21)10-19-9-3-1-2-4-15(19)22/h5-8H,1-4,9-10H2,(H,17,20)(H,18,21)/b8-6+. The van der Waals surface area contributed by atoms with Crippen LogP contribution in [0.25, 0.3) is 6.08 Å². The lowest BCUT2D eigenvalue weighted by atomic mass is 10.2. The van der Waals surface area contributed by atoms with Gasteiger partial charge in [0, 0.05) is 23.9 Å². The van der Waals surface area contributed by atoms with Gasteiger partial charge in [-0.1, -0.05) is 6.42 Å². The number of carbonyl (C=O) groups is 3. The molecule has 6 nitrogen and oxygen atoms in total. The van der Waals surface area contributed by atoms with Crippen LogP contribution in [0.15, 0.2) is 22.0 Å². The number of hydrogen-bond acceptors (Lipinski definition) is 4. The summed E-state index contributed by atoms with van der Waals surface area (Å²) < 4.78 is 0.980. The molecule has 2 heterocycles. The maximum absolute atomic E-state index is 11.8. The normalized spacial score (nSPS) is 15.5. The summed E-state index contributed by atoms with van der Waals surface area (Å²) >= 11 is 4.84. The molecule has 2 N–H and O–H groups in total. The number of likely N-dealkylation sites (tertiary alicyclic amines) is 1. The highest BCUT2D eigenvalue weighted by Gasteiger charge is 2.19. The van der Waals surface area contributed by atoms with Gasteiger partial charge in [0.05, 0.1) is 3.79 Å². The summed E-state index contributed by atoms with van der Waals surface area (Å²) in [6, 6.07) is 3.77. The molecule has 1 aromatic rings. The molecule has 3 amide bonds. The predicted molar refractivity (Wildman–Crippen MR) is 92.4 cm³/mol. The van der Waals surface area contributed by atoms with Crippen LogP contribution in [0.5, 0.6) is 0 Å². The Bertz CT molecular complexity index is 615. The first-order valence-corrected chi connectivity index (χ1v) is 8.95. The zero-order chi connectivity index (χ0) is 16.7. The third-order valence-electron chi connectivity index (χ3n) is 3.32. The highest BCUT2D eigenvalue weighted by Crippen LogP contribution is 2.22. The van der Waals surface area contributed by atoms with Gasteiger partial charge in [-0.2, -0.15) is 0 Å². The van der Waals surface area contributed by atoms with E-state index in [2.05, 4.69) is 26.8 Å². The fourth-order valence-electron chi connectivity index (χ4n) is 2.17. The first kappa shape index (κ1) is 17.7. The van der Waals surface area contributed by atoms with E-state index in [1.54, 1.807) is 6.08 Å². The summed E-state index contributed by atoms with van der Waals surface area (Å²) in [4.78, 5) is 37.7. The number of hydrazine groups is 1. The highest BCUT2D eigenvalue weighted by molar-refractivity contribution is 9.11. The van der Waals surface area contributed by atoms with Gasteiger partial charge in [-0.05, 0) is 47.0 Å². The third-order valence-corrected chi connectivity index (χ3v) is 4.91. The van der Waals surface area contributed by atoms with Crippen molar-refractivity contribution < 1.29 is 14.4 Å². The second-order valence-electron chi connectivity index (χ2n) is 5.14. The number of nitrogens with one attached hydrogen (secondary N) is 2. The first-order valence-electron chi connectivity index (χ1n) is 7.34. The van der Waals surface area contributed by atoms with E-state index in [4.69, 9.17) is 0 Å². The zero-order valence-corrected chi connectivity index (χ0v) is 14.9. The molecule has 0 aromatic carbocycles. The van der Waals surface area contributed by atoms with Crippen LogP contribution in [0.1, 0.15) is 30.6 Å². The Hall–Kier alpha value is -1.67. The Morgan fingerprint density at radius 1 is 1.26 bits per heavy atom. The zero-order valence-electron chi connectivity index (χ0n) is 12.5. The van der Waals surface area contributed by atoms with Crippen LogP contribution in [0.4, 0.5) is 0 Å². The van der Waals surface area contributed by atoms with E-state index < -0.39 is 11.8 Å². The van der Waals surface area contributed by atoms with Crippen LogP contribution in [0.3, 0.4) is 0 Å². The van der Waals surface area contributed by atoms with Gasteiger partial charge in [0.1, 0.15) is 6.54 Å². The van der Waals surface area contributed by atoms with E-state index in [0.29, 0.717) is 13.0 Å². The molecule has 0 radical (unpaired) electrons. The van der Waals surface area contributed by atoms with Crippen LogP contribution in [-0.2, 0) is 14.4 Å². The summed E-state index contributed by atoms with van der Waals surface area (Å²) in [6.07, 6.45) is 6.27. The van der Waals surface area contributed by atoms with Crippen LogP contribution in [-0.4, -0.2) is 35.7 Å². The maximum Gasteiger partial charge on any atom is 0.262 e. The number of rotatable bonds is 4. The molecule has 23 heavy (non-hydrogen) atoms. The molecule has 0 saturated carbocycles. The van der Waals surface area contributed by atoms with Crippen molar-refractivity contribution in [1.82, 2.24) is 15.8 Å². The van der Waals surface area contributed by atoms with Gasteiger partial charge >= 0.3 is 0 Å². The number of hydrogen-bond donors (Lipinski definition) is 2. The largest absolute Gasteiger partial charge is 0.333 e. The number of amides is 3. The van der Waals surface area contributed by atoms with Crippen LogP contribution < -0.4 is 10.9 Å². The molecule has 1 aliphatic heterocycles. The molecule has 0 unspecified atom stereocenters. The second kappa shape index (κ2) is 8.83. The van der Waals surface area contributed by atoms with Crippen molar-refractivity contribution in [2.45, 2.75) is 25.7 Å². The van der Waals surface area contributed by atoms with Crippen molar-refractivity contribution in [3.05, 3.63) is 26.9 Å². The van der Waals surface area contributed by atoms with Crippen molar-refractivity contribution in [1.29, 1.82) is 0 Å². The van der Waals surface area contributed by atoms with Gasteiger partial charge in [-0.15, -0.1) is 11.3 Å². The number of thiophene rings is 1. The lowest BCUT2D eigenvalue weighted by molar-refractivity contribution is -0.136. The number of halogens is 1. The highest BCUT2D eigenvalue weighted by atomic mass is 79.9. The summed E-state index contributed by atoms with van der Waals surface area (Å²) in [7, 11) is 0. The summed E-state index contributed by atoms with van der Waals surface area (Å²) in [5.74, 6) is -0.835. The van der Waals surface area contributed by atoms with Gasteiger partial charge in [-0.3, -0.25) is 25.2 Å². The lowest BCUT2D eigenvalue weighted by Crippen LogP contribution is -2.47. The molecule has 0 spiro atoms. The van der Waals surface area contributed by atoms with E-state index in [1.807, 2.05) is 12.1 Å². The van der Waals surface area contributed by atoms with E-state index in [9.17, 15) is 14.4 Å². The van der Waals surface area contributed by atoms with Crippen molar-refractivity contribution in [2.75, 3.05) is 13.1 Å². The Morgan fingerprint density at radius 2 is 2.09 bits per heavy atom. The average Bonchev–Trinajstić information content (AvgIpc) is 2.84. The van der Waals surface area contributed by atoms with Gasteiger partial charge in [0.2, 0.25) is 5.91 Å². The van der Waals surface area contributed by atoms with Gasteiger partial charge < -0.3 is 4.90 Å². The van der Waals surface area contributed by atoms with E-state index in [1.165, 1.54) is 22.3 Å². The first-order chi connectivity index (χ1) is 11.0. The monoisotopic (exact) mass is 399 g/mol. The van der Waals surface area contributed by atoms with E-state index >= 15 is 0 Å². The van der Waals surface area contributed by atoms with Crippen molar-refractivity contribution in [3.8, 4) is 0 Å². The Kier molecular flexibility index (Phi) is 6.79. The molecular weight excluding hydrogens is 382 g/mol. The minimum Gasteiger partial charge on any atom is -0.333 e. The lowest BCUT2D eigenvalue weighted by Gasteiger charge is -2.19. The Labute approximate surface area is 147 Å². The van der Waals surface area contributed by atoms with Crippen LogP contribution in [0, 0.1) is 0 Å². The van der Waals surface area contributed by atoms with Gasteiger partial charge in [-0.25, -0.2) is 0 Å². The quantitative estimate of drug-likeness (QED) is 0.600. The van der Waals surface area contributed by atoms with E-state index in [-0.39, 0.29) is 12.5 Å². The molecule has 124 valence electrons. The summed E-state index contributed by atoms with van der Waals surface area (Å²) in [5.41, 5.74) is 4.63. The topological polar surface area (TPSA) is 78.5 Å². The van der Waals surface area contributed by atoms with Gasteiger partial charge in [0.25, 0.3) is 11.8 Å². The minimum absolute atomic E-state index is 0.00727. The molecule has 0 aliphatic carbocycles. The van der Waals surface area contributed by atoms with Crippen molar-refractivity contribution in [3.63, 3.8) is 0 Å². The molecule has 1 aliphatic rings. The fourth-order valence-corrected chi connectivity index (χ4v) is 3.49. The molecule has 1 fully saturated rings. The molecular formula is C15H18BrN3O3S. The molecule has 2 rings (SSSR count). The number of nitrogens with zero attached hydrogens (tertiary/aromatic N) is 1. The fraction of sp³-hybridized carbons (Fsp3) is 0.400.